The number of hydrogen-bond donors (Lipinski definition) is 1. The van der Waals surface area contributed by atoms with Gasteiger partial charge in [0.25, 0.3) is 17.3 Å². The van der Waals surface area contributed by atoms with Gasteiger partial charge in [0.2, 0.25) is 5.56 Å². The fourth-order valence-corrected chi connectivity index (χ4v) is 1.92. The van der Waals surface area contributed by atoms with Gasteiger partial charge in [-0.05, 0) is 0 Å². The summed E-state index contributed by atoms with van der Waals surface area (Å²) in [6.45, 7) is 0. The van der Waals surface area contributed by atoms with Gasteiger partial charge < -0.3 is 5.73 Å². The van der Waals surface area contributed by atoms with Crippen molar-refractivity contribution in [3.8, 4) is 5.69 Å². The number of hydrogen-bond acceptors (Lipinski definition) is 5. The van der Waals surface area contributed by atoms with Gasteiger partial charge >= 0.3 is 5.69 Å². The molecule has 0 saturated heterocycles. The van der Waals surface area contributed by atoms with Crippen LogP contribution in [0.25, 0.3) is 5.69 Å². The lowest BCUT2D eigenvalue weighted by Crippen LogP contribution is -2.31. The lowest BCUT2D eigenvalue weighted by Gasteiger charge is -2.02. The highest BCUT2D eigenvalue weighted by Crippen LogP contribution is 2.31. The molecule has 0 aliphatic heterocycles. The van der Waals surface area contributed by atoms with E-state index in [1.54, 1.807) is 18.2 Å². The maximum atomic E-state index is 11.4. The van der Waals surface area contributed by atoms with E-state index in [2.05, 4.69) is 0 Å². The molecule has 0 aliphatic carbocycles. The van der Waals surface area contributed by atoms with Crippen molar-refractivity contribution < 1.29 is 19.2 Å². The predicted octanol–water partition coefficient (Wildman–Crippen LogP) is 0.879. The van der Waals surface area contributed by atoms with Crippen molar-refractivity contribution in [3.63, 3.8) is 0 Å². The number of nitro benzene ring substituents is 2. The van der Waals surface area contributed by atoms with Crippen LogP contribution < -0.4 is 10.3 Å². The monoisotopic (exact) mass is 289 g/mol. The molecule has 9 heteroatoms. The maximum absolute atomic E-state index is 11.4. The number of nitro groups is 2. The molecule has 9 nitrogen and oxygen atoms in total. The summed E-state index contributed by atoms with van der Waals surface area (Å²) >= 11 is 0. The van der Waals surface area contributed by atoms with Gasteiger partial charge in [0.1, 0.15) is 0 Å². The lowest BCUT2D eigenvalue weighted by molar-refractivity contribution is -0.601. The van der Waals surface area contributed by atoms with E-state index in [0.717, 1.165) is 6.07 Å². The van der Waals surface area contributed by atoms with Gasteiger partial charge in [0, 0.05) is 24.3 Å². The summed E-state index contributed by atoms with van der Waals surface area (Å²) in [5.74, 6) is -1.23. The molecule has 0 bridgehead atoms. The Morgan fingerprint density at radius 3 is 2.14 bits per heavy atom. The molecule has 1 heterocycles. The molecule has 0 atom stereocenters. The lowest BCUT2D eigenvalue weighted by atomic mass is 10.1. The Bertz CT molecular complexity index is 745. The zero-order chi connectivity index (χ0) is 15.6. The second kappa shape index (κ2) is 5.33. The van der Waals surface area contributed by atoms with Gasteiger partial charge in [-0.15, -0.1) is 0 Å². The molecule has 0 unspecified atom stereocenters. The maximum Gasteiger partial charge on any atom is 0.360 e. The highest BCUT2D eigenvalue weighted by atomic mass is 16.6. The third-order valence-corrected chi connectivity index (χ3v) is 2.75. The van der Waals surface area contributed by atoms with Crippen molar-refractivity contribution in [1.29, 1.82) is 0 Å². The van der Waals surface area contributed by atoms with Crippen molar-refractivity contribution >= 4 is 17.3 Å². The SMILES string of the molecule is NC(=O)c1c([N+](=O)[O-])ccc(-[n+]2ccccc2)c1[N+](=O)[O-]. The van der Waals surface area contributed by atoms with Crippen molar-refractivity contribution in [2.75, 3.05) is 0 Å². The van der Waals surface area contributed by atoms with E-state index in [1.165, 1.54) is 23.0 Å². The Balaban J connectivity index is 2.86. The second-order valence-electron chi connectivity index (χ2n) is 3.99. The number of carbonyl (C=O) groups is 1. The summed E-state index contributed by atoms with van der Waals surface area (Å²) in [4.78, 5) is 31.9. The van der Waals surface area contributed by atoms with Gasteiger partial charge in [-0.25, -0.2) is 0 Å². The summed E-state index contributed by atoms with van der Waals surface area (Å²) in [6, 6.07) is 7.15. The molecule has 106 valence electrons. The van der Waals surface area contributed by atoms with Gasteiger partial charge in [-0.2, -0.15) is 4.57 Å². The van der Waals surface area contributed by atoms with Gasteiger partial charge in [0.05, 0.1) is 9.85 Å². The second-order valence-corrected chi connectivity index (χ2v) is 3.99. The molecule has 0 radical (unpaired) electrons. The highest BCUT2D eigenvalue weighted by molar-refractivity contribution is 6.02. The minimum atomic E-state index is -1.23. The number of pyridine rings is 1. The number of benzene rings is 1. The molecule has 2 N–H and O–H groups in total. The van der Waals surface area contributed by atoms with E-state index in [1.807, 2.05) is 0 Å². The summed E-state index contributed by atoms with van der Waals surface area (Å²) in [7, 11) is 0. The average molecular weight is 289 g/mol. The van der Waals surface area contributed by atoms with E-state index in [9.17, 15) is 25.0 Å². The first-order valence-electron chi connectivity index (χ1n) is 5.65. The summed E-state index contributed by atoms with van der Waals surface area (Å²) < 4.78 is 1.37. The number of aromatic nitrogens is 1. The summed E-state index contributed by atoms with van der Waals surface area (Å²) in [5, 5.41) is 22.2. The van der Waals surface area contributed by atoms with Crippen LogP contribution in [0, 0.1) is 20.2 Å². The first-order chi connectivity index (χ1) is 9.93. The third kappa shape index (κ3) is 2.52. The zero-order valence-electron chi connectivity index (χ0n) is 10.5. The number of nitrogens with two attached hydrogens (primary N) is 1. The van der Waals surface area contributed by atoms with Crippen molar-refractivity contribution in [2.45, 2.75) is 0 Å². The van der Waals surface area contributed by atoms with Crippen LogP contribution >= 0.6 is 0 Å². The summed E-state index contributed by atoms with van der Waals surface area (Å²) in [5.41, 5.74) is 2.97. The molecule has 1 aromatic carbocycles. The first kappa shape index (κ1) is 14.1. The van der Waals surface area contributed by atoms with Crippen LogP contribution in [0.5, 0.6) is 0 Å². The number of carbonyl (C=O) groups excluding carboxylic acids is 1. The normalized spacial score (nSPS) is 10.1. The van der Waals surface area contributed by atoms with Crippen molar-refractivity contribution in [2.24, 2.45) is 5.73 Å². The Labute approximate surface area is 117 Å². The molecule has 21 heavy (non-hydrogen) atoms. The minimum Gasteiger partial charge on any atom is -0.365 e. The smallest absolute Gasteiger partial charge is 0.360 e. The van der Waals surface area contributed by atoms with Crippen LogP contribution in [0.3, 0.4) is 0 Å². The first-order valence-corrected chi connectivity index (χ1v) is 5.65. The largest absolute Gasteiger partial charge is 0.365 e. The molecular weight excluding hydrogens is 280 g/mol. The van der Waals surface area contributed by atoms with E-state index >= 15 is 0 Å². The molecule has 0 aliphatic rings. The zero-order valence-corrected chi connectivity index (χ0v) is 10.5. The Kier molecular flexibility index (Phi) is 3.57. The van der Waals surface area contributed by atoms with Crippen LogP contribution in [0.2, 0.25) is 0 Å². The van der Waals surface area contributed by atoms with E-state index in [-0.39, 0.29) is 5.69 Å². The van der Waals surface area contributed by atoms with Crippen molar-refractivity contribution in [1.82, 2.24) is 0 Å². The Morgan fingerprint density at radius 2 is 1.67 bits per heavy atom. The van der Waals surface area contributed by atoms with Crippen LogP contribution in [-0.4, -0.2) is 15.8 Å². The summed E-state index contributed by atoms with van der Waals surface area (Å²) in [6.07, 6.45) is 3.03. The molecule has 2 aromatic rings. The Morgan fingerprint density at radius 1 is 1.05 bits per heavy atom. The fraction of sp³-hybridized carbons (Fsp3) is 0. The minimum absolute atomic E-state index is 0.0139. The number of primary amides is 1. The molecule has 0 spiro atoms. The van der Waals surface area contributed by atoms with Crippen LogP contribution in [0.1, 0.15) is 10.4 Å². The molecule has 2 rings (SSSR count). The van der Waals surface area contributed by atoms with Crippen LogP contribution in [-0.2, 0) is 0 Å². The molecule has 0 saturated carbocycles. The quantitative estimate of drug-likeness (QED) is 0.506. The Hall–Kier alpha value is -3.36. The average Bonchev–Trinajstić information content (AvgIpc) is 2.46. The van der Waals surface area contributed by atoms with Crippen molar-refractivity contribution in [3.05, 3.63) is 68.5 Å². The van der Waals surface area contributed by atoms with E-state index < -0.39 is 32.7 Å². The molecular formula is C12H9N4O5+. The standard InChI is InChI=1S/C12H8N4O5/c13-12(17)10-8(15(18)19)4-5-9(11(10)16(20)21)14-6-2-1-3-7-14/h1-7H,(H-,13,17)/p+1. The number of nitrogens with zero attached hydrogens (tertiary/aromatic N) is 3. The van der Waals surface area contributed by atoms with E-state index in [4.69, 9.17) is 5.73 Å². The third-order valence-electron chi connectivity index (χ3n) is 2.75. The van der Waals surface area contributed by atoms with Crippen LogP contribution in [0.4, 0.5) is 11.4 Å². The molecule has 0 fully saturated rings. The molecule has 1 amide bonds. The topological polar surface area (TPSA) is 133 Å². The number of amides is 1. The van der Waals surface area contributed by atoms with Gasteiger partial charge in [-0.1, -0.05) is 6.07 Å². The number of rotatable bonds is 4. The highest BCUT2D eigenvalue weighted by Gasteiger charge is 2.36. The van der Waals surface area contributed by atoms with Gasteiger partial charge in [-0.3, -0.25) is 25.0 Å². The predicted molar refractivity (Wildman–Crippen MR) is 69.8 cm³/mol. The fourth-order valence-electron chi connectivity index (χ4n) is 1.92. The molecule has 1 aromatic heterocycles. The van der Waals surface area contributed by atoms with Crippen LogP contribution in [0.15, 0.2) is 42.7 Å². The van der Waals surface area contributed by atoms with Gasteiger partial charge in [0.15, 0.2) is 12.4 Å². The van der Waals surface area contributed by atoms with E-state index in [0.29, 0.717) is 0 Å².